The average Bonchev–Trinajstić information content (AvgIpc) is 2.27. The summed E-state index contributed by atoms with van der Waals surface area (Å²) in [7, 11) is 0. The largest absolute Gasteiger partial charge is 0.464 e. The Morgan fingerprint density at radius 1 is 1.40 bits per heavy atom. The molecule has 0 aromatic rings. The molecule has 1 aliphatic carbocycles. The Labute approximate surface area is 97.3 Å². The third kappa shape index (κ3) is 4.87. The van der Waals surface area contributed by atoms with E-state index in [1.807, 2.05) is 6.92 Å². The molecule has 0 saturated heterocycles. The lowest BCUT2D eigenvalue weighted by Crippen LogP contribution is -2.22. The summed E-state index contributed by atoms with van der Waals surface area (Å²) in [6.45, 7) is 2.59. The van der Waals surface area contributed by atoms with Crippen LogP contribution in [-0.2, 0) is 9.53 Å². The van der Waals surface area contributed by atoms with E-state index in [0.717, 1.165) is 6.42 Å². The van der Waals surface area contributed by atoms with Crippen LogP contribution in [0.5, 0.6) is 0 Å². The van der Waals surface area contributed by atoms with Crippen LogP contribution in [0, 0.1) is 5.92 Å². The number of carbonyl (C=O) groups excluding carboxylic acids is 1. The van der Waals surface area contributed by atoms with Gasteiger partial charge in [0.25, 0.3) is 0 Å². The molecule has 1 rings (SSSR count). The van der Waals surface area contributed by atoms with E-state index in [1.54, 1.807) is 0 Å². The van der Waals surface area contributed by atoms with E-state index in [4.69, 9.17) is 16.3 Å². The first kappa shape index (κ1) is 12.8. The predicted octanol–water partition coefficient (Wildman–Crippen LogP) is 3.52. The average molecular weight is 233 g/mol. The fourth-order valence-electron chi connectivity index (χ4n) is 2.02. The van der Waals surface area contributed by atoms with Gasteiger partial charge in [-0.2, -0.15) is 0 Å². The van der Waals surface area contributed by atoms with E-state index in [-0.39, 0.29) is 5.97 Å². The van der Waals surface area contributed by atoms with Crippen molar-refractivity contribution in [3.63, 3.8) is 0 Å². The summed E-state index contributed by atoms with van der Waals surface area (Å²) >= 11 is 5.87. The van der Waals surface area contributed by atoms with Crippen LogP contribution in [0.4, 0.5) is 0 Å². The first-order valence-electron chi connectivity index (χ1n) is 6.04. The van der Waals surface area contributed by atoms with Gasteiger partial charge in [-0.15, -0.1) is 11.6 Å². The maximum atomic E-state index is 11.4. The Kier molecular flexibility index (Phi) is 6.07. The summed E-state index contributed by atoms with van der Waals surface area (Å²) in [5.41, 5.74) is 0. The van der Waals surface area contributed by atoms with Gasteiger partial charge in [0.2, 0.25) is 0 Å². The van der Waals surface area contributed by atoms with Gasteiger partial charge in [0.1, 0.15) is 5.38 Å². The lowest BCUT2D eigenvalue weighted by Gasteiger charge is -2.21. The fourth-order valence-corrected chi connectivity index (χ4v) is 2.30. The van der Waals surface area contributed by atoms with Crippen LogP contribution < -0.4 is 0 Å². The van der Waals surface area contributed by atoms with E-state index in [1.165, 1.54) is 32.1 Å². The summed E-state index contributed by atoms with van der Waals surface area (Å²) in [5.74, 6) is 0.345. The minimum Gasteiger partial charge on any atom is -0.464 e. The molecule has 1 fully saturated rings. The number of alkyl halides is 1. The third-order valence-electron chi connectivity index (χ3n) is 2.98. The Morgan fingerprint density at radius 3 is 2.67 bits per heavy atom. The lowest BCUT2D eigenvalue weighted by molar-refractivity contribution is -0.145. The number of ether oxygens (including phenoxy) is 1. The van der Waals surface area contributed by atoms with Crippen molar-refractivity contribution in [1.29, 1.82) is 0 Å². The van der Waals surface area contributed by atoms with E-state index in [2.05, 4.69) is 0 Å². The molecular formula is C12H21ClO2. The van der Waals surface area contributed by atoms with Gasteiger partial charge in [0.05, 0.1) is 6.61 Å². The van der Waals surface area contributed by atoms with Gasteiger partial charge in [-0.05, 0) is 25.2 Å². The van der Waals surface area contributed by atoms with Crippen molar-refractivity contribution >= 4 is 17.6 Å². The van der Waals surface area contributed by atoms with Crippen LogP contribution >= 0.6 is 11.6 Å². The molecule has 15 heavy (non-hydrogen) atoms. The van der Waals surface area contributed by atoms with Crippen molar-refractivity contribution in [1.82, 2.24) is 0 Å². The molecule has 0 spiro atoms. The second kappa shape index (κ2) is 7.10. The minimum atomic E-state index is -0.446. The highest BCUT2D eigenvalue weighted by Crippen LogP contribution is 2.24. The molecule has 88 valence electrons. The molecule has 0 aromatic carbocycles. The lowest BCUT2D eigenvalue weighted by atomic mass is 9.90. The highest BCUT2D eigenvalue weighted by Gasteiger charge is 2.19. The quantitative estimate of drug-likeness (QED) is 0.536. The minimum absolute atomic E-state index is 0.232. The molecular weight excluding hydrogens is 212 g/mol. The second-order valence-corrected chi connectivity index (χ2v) is 4.92. The van der Waals surface area contributed by atoms with Crippen molar-refractivity contribution < 1.29 is 9.53 Å². The molecule has 0 N–H and O–H groups in total. The van der Waals surface area contributed by atoms with Gasteiger partial charge in [-0.25, -0.2) is 0 Å². The standard InChI is InChI=1S/C12H21ClO2/c1-2-6-11(13)12(14)15-9-10-7-4-3-5-8-10/h10-11H,2-9H2,1H3. The molecule has 1 unspecified atom stereocenters. The molecule has 0 aromatic heterocycles. The van der Waals surface area contributed by atoms with Gasteiger partial charge >= 0.3 is 5.97 Å². The maximum absolute atomic E-state index is 11.4. The van der Waals surface area contributed by atoms with Crippen molar-refractivity contribution in [2.24, 2.45) is 5.92 Å². The first-order valence-corrected chi connectivity index (χ1v) is 6.48. The fraction of sp³-hybridized carbons (Fsp3) is 0.917. The van der Waals surface area contributed by atoms with Crippen LogP contribution in [0.3, 0.4) is 0 Å². The predicted molar refractivity (Wildman–Crippen MR) is 62.1 cm³/mol. The third-order valence-corrected chi connectivity index (χ3v) is 3.38. The zero-order valence-electron chi connectivity index (χ0n) is 9.51. The zero-order valence-corrected chi connectivity index (χ0v) is 10.3. The van der Waals surface area contributed by atoms with Crippen LogP contribution in [0.1, 0.15) is 51.9 Å². The summed E-state index contributed by atoms with van der Waals surface area (Å²) in [6.07, 6.45) is 7.93. The second-order valence-electron chi connectivity index (χ2n) is 4.39. The van der Waals surface area contributed by atoms with Crippen molar-refractivity contribution in [2.75, 3.05) is 6.61 Å². The topological polar surface area (TPSA) is 26.3 Å². The molecule has 1 atom stereocenters. The van der Waals surface area contributed by atoms with Gasteiger partial charge < -0.3 is 4.74 Å². The summed E-state index contributed by atoms with van der Waals surface area (Å²) in [4.78, 5) is 11.4. The number of halogens is 1. The molecule has 3 heteroatoms. The van der Waals surface area contributed by atoms with E-state index >= 15 is 0 Å². The molecule has 1 aliphatic rings. The van der Waals surface area contributed by atoms with Gasteiger partial charge in [-0.3, -0.25) is 4.79 Å². The number of hydrogen-bond acceptors (Lipinski definition) is 2. The van der Waals surface area contributed by atoms with E-state index < -0.39 is 5.38 Å². The molecule has 0 heterocycles. The Morgan fingerprint density at radius 2 is 2.07 bits per heavy atom. The Bertz CT molecular complexity index is 188. The summed E-state index contributed by atoms with van der Waals surface area (Å²) < 4.78 is 5.22. The zero-order chi connectivity index (χ0) is 11.1. The summed E-state index contributed by atoms with van der Waals surface area (Å²) in [5, 5.41) is -0.446. The van der Waals surface area contributed by atoms with E-state index in [9.17, 15) is 4.79 Å². The monoisotopic (exact) mass is 232 g/mol. The molecule has 0 bridgehead atoms. The molecule has 0 radical (unpaired) electrons. The van der Waals surface area contributed by atoms with Crippen LogP contribution in [0.25, 0.3) is 0 Å². The number of esters is 1. The van der Waals surface area contributed by atoms with Crippen molar-refractivity contribution in [3.8, 4) is 0 Å². The Hall–Kier alpha value is -0.240. The number of rotatable bonds is 5. The van der Waals surface area contributed by atoms with Crippen LogP contribution in [0.15, 0.2) is 0 Å². The first-order chi connectivity index (χ1) is 7.24. The normalized spacial score (nSPS) is 19.9. The van der Waals surface area contributed by atoms with Crippen molar-refractivity contribution in [2.45, 2.75) is 57.2 Å². The van der Waals surface area contributed by atoms with E-state index in [0.29, 0.717) is 18.9 Å². The van der Waals surface area contributed by atoms with Gasteiger partial charge in [0.15, 0.2) is 0 Å². The van der Waals surface area contributed by atoms with Crippen molar-refractivity contribution in [3.05, 3.63) is 0 Å². The SMILES string of the molecule is CCCC(Cl)C(=O)OCC1CCCCC1. The van der Waals surface area contributed by atoms with Gasteiger partial charge in [-0.1, -0.05) is 32.6 Å². The molecule has 1 saturated carbocycles. The smallest absolute Gasteiger partial charge is 0.324 e. The Balaban J connectivity index is 2.14. The van der Waals surface area contributed by atoms with Crippen LogP contribution in [-0.4, -0.2) is 18.0 Å². The molecule has 0 amide bonds. The molecule has 0 aliphatic heterocycles. The molecule has 2 nitrogen and oxygen atoms in total. The summed E-state index contributed by atoms with van der Waals surface area (Å²) in [6, 6.07) is 0. The number of hydrogen-bond donors (Lipinski definition) is 0. The number of carbonyl (C=O) groups is 1. The van der Waals surface area contributed by atoms with Crippen LogP contribution in [0.2, 0.25) is 0 Å². The highest BCUT2D eigenvalue weighted by atomic mass is 35.5. The van der Waals surface area contributed by atoms with Gasteiger partial charge in [0, 0.05) is 0 Å². The highest BCUT2D eigenvalue weighted by molar-refractivity contribution is 6.29. The maximum Gasteiger partial charge on any atom is 0.324 e.